The Balaban J connectivity index is 1.88. The lowest BCUT2D eigenvalue weighted by Crippen LogP contribution is -2.08. The molecule has 0 amide bonds. The fraction of sp³-hybridized carbons (Fsp3) is 0.0476. The van der Waals surface area contributed by atoms with Crippen molar-refractivity contribution in [3.8, 4) is 0 Å². The van der Waals surface area contributed by atoms with Gasteiger partial charge >= 0.3 is 0 Å². The second-order valence-electron chi connectivity index (χ2n) is 5.28. The molecule has 3 aromatic rings. The predicted octanol–water partition coefficient (Wildman–Crippen LogP) is 6.32. The summed E-state index contributed by atoms with van der Waals surface area (Å²) < 4.78 is 1.06. The third kappa shape index (κ3) is 4.33. The van der Waals surface area contributed by atoms with Gasteiger partial charge < -0.3 is 5.32 Å². The van der Waals surface area contributed by atoms with Gasteiger partial charge in [0.1, 0.15) is 0 Å². The van der Waals surface area contributed by atoms with Gasteiger partial charge in [-0.05, 0) is 39.2 Å². The highest BCUT2D eigenvalue weighted by Gasteiger charge is 2.09. The lowest BCUT2D eigenvalue weighted by atomic mass is 10.0. The van der Waals surface area contributed by atoms with Gasteiger partial charge in [-0.3, -0.25) is 0 Å². The normalized spacial score (nSPS) is 12.2. The Kier molecular flexibility index (Phi) is 5.28. The molecule has 0 saturated carbocycles. The van der Waals surface area contributed by atoms with E-state index in [1.165, 1.54) is 11.1 Å². The molecule has 0 heterocycles. The molecule has 1 N–H and O–H groups in total. The molecule has 23 heavy (non-hydrogen) atoms. The second kappa shape index (κ2) is 7.80. The molecule has 2 heteroatoms. The van der Waals surface area contributed by atoms with Crippen LogP contribution in [0.5, 0.6) is 0 Å². The van der Waals surface area contributed by atoms with Crippen LogP contribution in [0.3, 0.4) is 0 Å². The molecule has 0 spiro atoms. The van der Waals surface area contributed by atoms with Crippen molar-refractivity contribution in [2.24, 2.45) is 0 Å². The molecule has 0 aliphatic carbocycles. The lowest BCUT2D eigenvalue weighted by molar-refractivity contribution is 0.988. The van der Waals surface area contributed by atoms with Gasteiger partial charge in [0, 0.05) is 10.2 Å². The molecular formula is C21H18BrN. The highest BCUT2D eigenvalue weighted by Crippen LogP contribution is 2.27. The van der Waals surface area contributed by atoms with E-state index in [1.54, 1.807) is 0 Å². The van der Waals surface area contributed by atoms with Gasteiger partial charge in [-0.25, -0.2) is 0 Å². The summed E-state index contributed by atoms with van der Waals surface area (Å²) in [5.74, 6) is 0. The topological polar surface area (TPSA) is 12.0 Å². The Bertz CT molecular complexity index is 766. The van der Waals surface area contributed by atoms with Crippen LogP contribution in [0.2, 0.25) is 0 Å². The van der Waals surface area contributed by atoms with E-state index in [0.29, 0.717) is 0 Å². The quantitative estimate of drug-likeness (QED) is 0.559. The zero-order valence-corrected chi connectivity index (χ0v) is 14.3. The molecule has 114 valence electrons. The molecule has 0 aromatic heterocycles. The van der Waals surface area contributed by atoms with Crippen LogP contribution in [0.1, 0.15) is 17.2 Å². The highest BCUT2D eigenvalue weighted by molar-refractivity contribution is 9.10. The first-order valence-corrected chi connectivity index (χ1v) is 8.41. The van der Waals surface area contributed by atoms with E-state index in [0.717, 1.165) is 10.2 Å². The average Bonchev–Trinajstić information content (AvgIpc) is 2.62. The maximum absolute atomic E-state index is 3.61. The van der Waals surface area contributed by atoms with Crippen LogP contribution in [0, 0.1) is 0 Å². The van der Waals surface area contributed by atoms with Gasteiger partial charge in [0.2, 0.25) is 0 Å². The fourth-order valence-electron chi connectivity index (χ4n) is 2.42. The van der Waals surface area contributed by atoms with Crippen molar-refractivity contribution in [2.75, 3.05) is 5.32 Å². The molecule has 0 radical (unpaired) electrons. The van der Waals surface area contributed by atoms with Crippen molar-refractivity contribution in [2.45, 2.75) is 6.04 Å². The summed E-state index contributed by atoms with van der Waals surface area (Å²) in [7, 11) is 0. The number of benzene rings is 3. The van der Waals surface area contributed by atoms with Crippen LogP contribution in [0.4, 0.5) is 5.69 Å². The number of hydrogen-bond donors (Lipinski definition) is 1. The van der Waals surface area contributed by atoms with E-state index < -0.39 is 0 Å². The maximum Gasteiger partial charge on any atom is 0.0701 e. The smallest absolute Gasteiger partial charge is 0.0701 e. The molecule has 3 rings (SSSR count). The monoisotopic (exact) mass is 363 g/mol. The first-order chi connectivity index (χ1) is 11.3. The molecule has 0 saturated heterocycles. The Hall–Kier alpha value is -2.32. The summed E-state index contributed by atoms with van der Waals surface area (Å²) in [6.45, 7) is 0. The van der Waals surface area contributed by atoms with E-state index in [1.807, 2.05) is 30.3 Å². The van der Waals surface area contributed by atoms with Crippen molar-refractivity contribution >= 4 is 27.7 Å². The van der Waals surface area contributed by atoms with Crippen molar-refractivity contribution < 1.29 is 0 Å². The van der Waals surface area contributed by atoms with Crippen LogP contribution < -0.4 is 5.32 Å². The minimum absolute atomic E-state index is 0.107. The molecule has 1 atom stereocenters. The molecular weight excluding hydrogens is 346 g/mol. The fourth-order valence-corrected chi connectivity index (χ4v) is 2.82. The van der Waals surface area contributed by atoms with Crippen molar-refractivity contribution in [3.63, 3.8) is 0 Å². The number of rotatable bonds is 5. The van der Waals surface area contributed by atoms with Gasteiger partial charge in [-0.15, -0.1) is 0 Å². The van der Waals surface area contributed by atoms with Crippen LogP contribution in [-0.2, 0) is 0 Å². The zero-order chi connectivity index (χ0) is 15.9. The van der Waals surface area contributed by atoms with E-state index in [-0.39, 0.29) is 6.04 Å². The zero-order valence-electron chi connectivity index (χ0n) is 12.7. The van der Waals surface area contributed by atoms with Crippen LogP contribution in [0.25, 0.3) is 6.08 Å². The standard InChI is InChI=1S/C21H18BrN/c22-19-13-7-8-14-21(19)23-20(18-11-5-2-6-12-18)16-15-17-9-3-1-4-10-17/h1-16,20,23H/b16-15+. The van der Waals surface area contributed by atoms with Gasteiger partial charge in [0.15, 0.2) is 0 Å². The molecule has 3 aromatic carbocycles. The first-order valence-electron chi connectivity index (χ1n) is 7.62. The van der Waals surface area contributed by atoms with Gasteiger partial charge in [0.25, 0.3) is 0 Å². The summed E-state index contributed by atoms with van der Waals surface area (Å²) in [5, 5.41) is 3.60. The summed E-state index contributed by atoms with van der Waals surface area (Å²) in [5.41, 5.74) is 3.51. The van der Waals surface area contributed by atoms with Crippen molar-refractivity contribution in [3.05, 3.63) is 107 Å². The summed E-state index contributed by atoms with van der Waals surface area (Å²) in [6.07, 6.45) is 4.35. The number of hydrogen-bond acceptors (Lipinski definition) is 1. The number of halogens is 1. The van der Waals surface area contributed by atoms with Crippen LogP contribution in [-0.4, -0.2) is 0 Å². The summed E-state index contributed by atoms with van der Waals surface area (Å²) in [6, 6.07) is 29.1. The van der Waals surface area contributed by atoms with Crippen molar-refractivity contribution in [1.82, 2.24) is 0 Å². The SMILES string of the molecule is Brc1ccccc1NC(/C=C/c1ccccc1)c1ccccc1. The van der Waals surface area contributed by atoms with E-state index in [4.69, 9.17) is 0 Å². The Morgan fingerprint density at radius 3 is 2.04 bits per heavy atom. The van der Waals surface area contributed by atoms with E-state index in [9.17, 15) is 0 Å². The van der Waals surface area contributed by atoms with E-state index in [2.05, 4.69) is 88.0 Å². The van der Waals surface area contributed by atoms with E-state index >= 15 is 0 Å². The Morgan fingerprint density at radius 1 is 0.739 bits per heavy atom. The molecule has 0 fully saturated rings. The van der Waals surface area contributed by atoms with Gasteiger partial charge in [0.05, 0.1) is 6.04 Å². The van der Waals surface area contributed by atoms with Gasteiger partial charge in [-0.1, -0.05) is 84.9 Å². The summed E-state index contributed by atoms with van der Waals surface area (Å²) in [4.78, 5) is 0. The molecule has 1 nitrogen and oxygen atoms in total. The molecule has 0 aliphatic heterocycles. The third-order valence-electron chi connectivity index (χ3n) is 3.62. The van der Waals surface area contributed by atoms with Crippen LogP contribution in [0.15, 0.2) is 95.5 Å². The Labute approximate surface area is 145 Å². The number of anilines is 1. The lowest BCUT2D eigenvalue weighted by Gasteiger charge is -2.18. The van der Waals surface area contributed by atoms with Crippen molar-refractivity contribution in [1.29, 1.82) is 0 Å². The molecule has 1 unspecified atom stereocenters. The minimum atomic E-state index is 0.107. The largest absolute Gasteiger partial charge is 0.374 e. The Morgan fingerprint density at radius 2 is 1.35 bits per heavy atom. The minimum Gasteiger partial charge on any atom is -0.374 e. The average molecular weight is 364 g/mol. The van der Waals surface area contributed by atoms with Crippen LogP contribution >= 0.6 is 15.9 Å². The third-order valence-corrected chi connectivity index (χ3v) is 4.32. The highest BCUT2D eigenvalue weighted by atomic mass is 79.9. The predicted molar refractivity (Wildman–Crippen MR) is 102 cm³/mol. The number of para-hydroxylation sites is 1. The molecule has 0 aliphatic rings. The second-order valence-corrected chi connectivity index (χ2v) is 6.14. The number of nitrogens with one attached hydrogen (secondary N) is 1. The maximum atomic E-state index is 3.61. The summed E-state index contributed by atoms with van der Waals surface area (Å²) >= 11 is 3.61. The molecule has 0 bridgehead atoms. The first kappa shape index (κ1) is 15.6. The van der Waals surface area contributed by atoms with Gasteiger partial charge in [-0.2, -0.15) is 0 Å².